The van der Waals surface area contributed by atoms with Crippen molar-refractivity contribution in [2.75, 3.05) is 6.61 Å². The molecule has 0 radical (unpaired) electrons. The van der Waals surface area contributed by atoms with Crippen molar-refractivity contribution in [2.24, 2.45) is 5.10 Å². The van der Waals surface area contributed by atoms with Gasteiger partial charge in [0.15, 0.2) is 6.61 Å². The molecule has 2 rings (SSSR count). The van der Waals surface area contributed by atoms with Gasteiger partial charge in [0.2, 0.25) is 0 Å². The minimum atomic E-state index is -0.351. The van der Waals surface area contributed by atoms with E-state index in [1.807, 2.05) is 19.1 Å². The summed E-state index contributed by atoms with van der Waals surface area (Å²) < 4.78 is 6.25. The molecule has 2 N–H and O–H groups in total. The van der Waals surface area contributed by atoms with Crippen LogP contribution < -0.4 is 10.2 Å². The van der Waals surface area contributed by atoms with E-state index in [2.05, 4.69) is 26.5 Å². The number of hydrazone groups is 1. The van der Waals surface area contributed by atoms with Gasteiger partial charge in [-0.25, -0.2) is 5.43 Å². The Labute approximate surface area is 143 Å². The molecule has 0 saturated heterocycles. The maximum atomic E-state index is 11.8. The summed E-state index contributed by atoms with van der Waals surface area (Å²) in [6.45, 7) is 3.61. The van der Waals surface area contributed by atoms with Gasteiger partial charge in [-0.1, -0.05) is 6.07 Å². The minimum Gasteiger partial charge on any atom is -0.508 e. The van der Waals surface area contributed by atoms with E-state index in [0.717, 1.165) is 15.6 Å². The molecule has 2 aromatic carbocycles. The highest BCUT2D eigenvalue weighted by molar-refractivity contribution is 9.10. The lowest BCUT2D eigenvalue weighted by atomic mass is 10.1. The Kier molecular flexibility index (Phi) is 5.76. The quantitative estimate of drug-likeness (QED) is 0.620. The number of phenolic OH excluding ortho intramolecular Hbond substituents is 1. The van der Waals surface area contributed by atoms with Crippen LogP contribution in [0.4, 0.5) is 0 Å². The number of phenols is 1. The van der Waals surface area contributed by atoms with Crippen LogP contribution in [0.5, 0.6) is 11.5 Å². The fourth-order valence-electron chi connectivity index (χ4n) is 1.81. The number of benzene rings is 2. The molecule has 0 aliphatic rings. The second kappa shape index (κ2) is 7.78. The van der Waals surface area contributed by atoms with E-state index in [1.165, 1.54) is 0 Å². The molecule has 2 aromatic rings. The summed E-state index contributed by atoms with van der Waals surface area (Å²) in [6.07, 6.45) is 0. The van der Waals surface area contributed by atoms with Crippen molar-refractivity contribution < 1.29 is 14.6 Å². The van der Waals surface area contributed by atoms with Crippen LogP contribution in [0.1, 0.15) is 18.1 Å². The van der Waals surface area contributed by atoms with Crippen molar-refractivity contribution in [3.8, 4) is 11.5 Å². The number of halogens is 1. The first-order valence-corrected chi connectivity index (χ1v) is 7.76. The van der Waals surface area contributed by atoms with Crippen molar-refractivity contribution in [3.63, 3.8) is 0 Å². The minimum absolute atomic E-state index is 0.131. The molecule has 0 fully saturated rings. The molecular formula is C17H17BrN2O3. The number of carbonyl (C=O) groups excluding carboxylic acids is 1. The summed E-state index contributed by atoms with van der Waals surface area (Å²) >= 11 is 3.39. The third-order valence-corrected chi connectivity index (χ3v) is 3.70. The van der Waals surface area contributed by atoms with Crippen molar-refractivity contribution in [3.05, 3.63) is 58.1 Å². The number of rotatable bonds is 5. The number of nitrogens with zero attached hydrogens (tertiary/aromatic N) is 1. The Bertz CT molecular complexity index is 727. The zero-order valence-electron chi connectivity index (χ0n) is 12.8. The van der Waals surface area contributed by atoms with Crippen LogP contribution >= 0.6 is 15.9 Å². The molecule has 23 heavy (non-hydrogen) atoms. The molecule has 0 spiro atoms. The molecule has 0 saturated carbocycles. The SMILES string of the molecule is C/C(=N\NC(=O)COc1ccc(C)cc1Br)c1ccc(O)cc1. The highest BCUT2D eigenvalue weighted by Crippen LogP contribution is 2.25. The highest BCUT2D eigenvalue weighted by Gasteiger charge is 2.06. The van der Waals surface area contributed by atoms with E-state index in [4.69, 9.17) is 4.74 Å². The number of ether oxygens (including phenoxy) is 1. The molecule has 6 heteroatoms. The molecule has 120 valence electrons. The van der Waals surface area contributed by atoms with E-state index in [1.54, 1.807) is 37.3 Å². The van der Waals surface area contributed by atoms with Crippen LogP contribution in [0.15, 0.2) is 52.0 Å². The monoisotopic (exact) mass is 376 g/mol. The first-order valence-electron chi connectivity index (χ1n) is 6.97. The van der Waals surface area contributed by atoms with E-state index in [9.17, 15) is 9.90 Å². The average molecular weight is 377 g/mol. The fourth-order valence-corrected chi connectivity index (χ4v) is 2.42. The predicted molar refractivity (Wildman–Crippen MR) is 92.8 cm³/mol. The molecule has 0 unspecified atom stereocenters. The van der Waals surface area contributed by atoms with Crippen LogP contribution in [0.2, 0.25) is 0 Å². The lowest BCUT2D eigenvalue weighted by Gasteiger charge is -2.08. The van der Waals surface area contributed by atoms with Gasteiger partial charge in [0.05, 0.1) is 10.2 Å². The van der Waals surface area contributed by atoms with Gasteiger partial charge < -0.3 is 9.84 Å². The highest BCUT2D eigenvalue weighted by atomic mass is 79.9. The van der Waals surface area contributed by atoms with E-state index in [-0.39, 0.29) is 18.3 Å². The summed E-state index contributed by atoms with van der Waals surface area (Å²) in [5, 5.41) is 13.3. The lowest BCUT2D eigenvalue weighted by Crippen LogP contribution is -2.25. The van der Waals surface area contributed by atoms with Crippen molar-refractivity contribution in [2.45, 2.75) is 13.8 Å². The Morgan fingerprint density at radius 3 is 2.61 bits per heavy atom. The first kappa shape index (κ1) is 17.0. The summed E-state index contributed by atoms with van der Waals surface area (Å²) in [5.74, 6) is 0.434. The van der Waals surface area contributed by atoms with E-state index >= 15 is 0 Å². The summed E-state index contributed by atoms with van der Waals surface area (Å²) in [7, 11) is 0. The van der Waals surface area contributed by atoms with Gasteiger partial charge in [-0.3, -0.25) is 4.79 Å². The zero-order valence-corrected chi connectivity index (χ0v) is 14.4. The van der Waals surface area contributed by atoms with Crippen LogP contribution in [0.25, 0.3) is 0 Å². The number of aryl methyl sites for hydroxylation is 1. The van der Waals surface area contributed by atoms with Crippen LogP contribution in [-0.4, -0.2) is 23.3 Å². The number of carbonyl (C=O) groups is 1. The normalized spacial score (nSPS) is 11.2. The van der Waals surface area contributed by atoms with Crippen molar-refractivity contribution in [1.82, 2.24) is 5.43 Å². The molecule has 0 heterocycles. The third-order valence-electron chi connectivity index (χ3n) is 3.08. The molecule has 0 bridgehead atoms. The van der Waals surface area contributed by atoms with Crippen LogP contribution in [-0.2, 0) is 4.79 Å². The molecular weight excluding hydrogens is 360 g/mol. The number of amides is 1. The number of hydrogen-bond acceptors (Lipinski definition) is 4. The lowest BCUT2D eigenvalue weighted by molar-refractivity contribution is -0.123. The van der Waals surface area contributed by atoms with Gasteiger partial charge in [-0.05, 0) is 77.3 Å². The molecule has 0 aliphatic carbocycles. The zero-order chi connectivity index (χ0) is 16.8. The predicted octanol–water partition coefficient (Wildman–Crippen LogP) is 3.38. The van der Waals surface area contributed by atoms with Gasteiger partial charge >= 0.3 is 0 Å². The average Bonchev–Trinajstić information content (AvgIpc) is 2.52. The van der Waals surface area contributed by atoms with Crippen LogP contribution in [0, 0.1) is 6.92 Å². The Balaban J connectivity index is 1.89. The third kappa shape index (κ3) is 5.10. The maximum absolute atomic E-state index is 11.8. The van der Waals surface area contributed by atoms with E-state index < -0.39 is 0 Å². The van der Waals surface area contributed by atoms with Gasteiger partial charge in [0, 0.05) is 0 Å². The maximum Gasteiger partial charge on any atom is 0.277 e. The Morgan fingerprint density at radius 2 is 1.96 bits per heavy atom. The Hall–Kier alpha value is -2.34. The summed E-state index contributed by atoms with van der Waals surface area (Å²) in [5.41, 5.74) is 4.99. The Morgan fingerprint density at radius 1 is 1.26 bits per heavy atom. The standard InChI is InChI=1S/C17H17BrN2O3/c1-11-3-8-16(15(18)9-11)23-10-17(22)20-19-12(2)13-4-6-14(21)7-5-13/h3-9,21H,10H2,1-2H3,(H,20,22)/b19-12+. The molecule has 1 amide bonds. The topological polar surface area (TPSA) is 70.9 Å². The smallest absolute Gasteiger partial charge is 0.277 e. The number of hydrogen-bond donors (Lipinski definition) is 2. The van der Waals surface area contributed by atoms with Gasteiger partial charge in [-0.15, -0.1) is 0 Å². The second-order valence-corrected chi connectivity index (χ2v) is 5.86. The summed E-state index contributed by atoms with van der Waals surface area (Å²) in [4.78, 5) is 11.8. The second-order valence-electron chi connectivity index (χ2n) is 5.00. The first-order chi connectivity index (χ1) is 11.0. The largest absolute Gasteiger partial charge is 0.508 e. The van der Waals surface area contributed by atoms with E-state index in [0.29, 0.717) is 11.5 Å². The van der Waals surface area contributed by atoms with Crippen molar-refractivity contribution in [1.29, 1.82) is 0 Å². The van der Waals surface area contributed by atoms with Gasteiger partial charge in [-0.2, -0.15) is 5.10 Å². The molecule has 0 aromatic heterocycles. The van der Waals surface area contributed by atoms with Crippen molar-refractivity contribution >= 4 is 27.5 Å². The van der Waals surface area contributed by atoms with Gasteiger partial charge in [0.1, 0.15) is 11.5 Å². The number of nitrogens with one attached hydrogen (secondary N) is 1. The fraction of sp³-hybridized carbons (Fsp3) is 0.176. The van der Waals surface area contributed by atoms with Crippen LogP contribution in [0.3, 0.4) is 0 Å². The van der Waals surface area contributed by atoms with Gasteiger partial charge in [0.25, 0.3) is 5.91 Å². The number of aromatic hydroxyl groups is 1. The molecule has 5 nitrogen and oxygen atoms in total. The summed E-state index contributed by atoms with van der Waals surface area (Å²) in [6, 6.07) is 12.2. The molecule has 0 aliphatic heterocycles. The molecule has 0 atom stereocenters.